The summed E-state index contributed by atoms with van der Waals surface area (Å²) in [6.45, 7) is 0.873. The van der Waals surface area contributed by atoms with E-state index in [0.717, 1.165) is 33.6 Å². The van der Waals surface area contributed by atoms with Crippen molar-refractivity contribution in [2.45, 2.75) is 19.1 Å². The van der Waals surface area contributed by atoms with Crippen LogP contribution in [0, 0.1) is 0 Å². The highest BCUT2D eigenvalue weighted by atomic mass is 16.5. The summed E-state index contributed by atoms with van der Waals surface area (Å²) in [4.78, 5) is 16.9. The highest BCUT2D eigenvalue weighted by molar-refractivity contribution is 6.12. The quantitative estimate of drug-likeness (QED) is 0.215. The number of ether oxygens (including phenoxy) is 2. The first kappa shape index (κ1) is 24.2. The second kappa shape index (κ2) is 11.1. The number of aliphatic imine (C=N–C) groups is 1. The number of anilines is 1. The molecule has 7 heteroatoms. The van der Waals surface area contributed by atoms with Gasteiger partial charge < -0.3 is 14.8 Å². The van der Waals surface area contributed by atoms with Crippen LogP contribution in [-0.2, 0) is 18.0 Å². The molecule has 0 fully saturated rings. The van der Waals surface area contributed by atoms with Gasteiger partial charge in [-0.1, -0.05) is 78.9 Å². The monoisotopic (exact) mass is 514 g/mol. The summed E-state index contributed by atoms with van der Waals surface area (Å²) >= 11 is 0. The fourth-order valence-electron chi connectivity index (χ4n) is 4.43. The second-order valence-electron chi connectivity index (χ2n) is 9.21. The van der Waals surface area contributed by atoms with Gasteiger partial charge in [-0.05, 0) is 34.9 Å². The Morgan fingerprint density at radius 3 is 2.05 bits per heavy atom. The van der Waals surface area contributed by atoms with E-state index in [1.165, 1.54) is 0 Å². The third-order valence-corrected chi connectivity index (χ3v) is 6.44. The zero-order valence-electron chi connectivity index (χ0n) is 21.1. The first-order valence-electron chi connectivity index (χ1n) is 12.7. The number of amides is 1. The molecule has 1 unspecified atom stereocenters. The number of fused-ring (bicyclic) bond motifs is 1. The number of rotatable bonds is 9. The van der Waals surface area contributed by atoms with E-state index in [0.29, 0.717) is 30.5 Å². The Labute approximate surface area is 226 Å². The number of hydrogen-bond donors (Lipinski definition) is 2. The van der Waals surface area contributed by atoms with Gasteiger partial charge in [-0.3, -0.25) is 9.89 Å². The number of aromatic nitrogens is 2. The van der Waals surface area contributed by atoms with Gasteiger partial charge in [0.1, 0.15) is 30.6 Å². The van der Waals surface area contributed by atoms with Crippen LogP contribution in [0.25, 0.3) is 11.3 Å². The van der Waals surface area contributed by atoms with Crippen molar-refractivity contribution in [3.05, 3.63) is 126 Å². The largest absolute Gasteiger partial charge is 0.489 e. The zero-order chi connectivity index (χ0) is 26.4. The molecule has 0 saturated heterocycles. The highest BCUT2D eigenvalue weighted by Crippen LogP contribution is 2.33. The lowest BCUT2D eigenvalue weighted by Gasteiger charge is -2.12. The van der Waals surface area contributed by atoms with Crippen molar-refractivity contribution in [1.29, 1.82) is 0 Å². The summed E-state index contributed by atoms with van der Waals surface area (Å²) in [5.41, 5.74) is 5.48. The topological polar surface area (TPSA) is 88.6 Å². The molecule has 192 valence electrons. The average Bonchev–Trinajstić information content (AvgIpc) is 3.58. The number of aromatic amines is 1. The Kier molecular flexibility index (Phi) is 6.86. The number of H-pyrrole nitrogens is 1. The van der Waals surface area contributed by atoms with Crippen LogP contribution in [0.15, 0.2) is 114 Å². The van der Waals surface area contributed by atoms with E-state index in [1.807, 2.05) is 109 Å². The van der Waals surface area contributed by atoms with Gasteiger partial charge in [0, 0.05) is 29.6 Å². The van der Waals surface area contributed by atoms with E-state index < -0.39 is 5.92 Å². The average molecular weight is 515 g/mol. The minimum absolute atomic E-state index is 0.0980. The minimum atomic E-state index is -0.450. The Hall–Kier alpha value is -5.17. The fourth-order valence-corrected chi connectivity index (χ4v) is 4.43. The summed E-state index contributed by atoms with van der Waals surface area (Å²) in [7, 11) is 0. The second-order valence-corrected chi connectivity index (χ2v) is 9.21. The lowest BCUT2D eigenvalue weighted by Crippen LogP contribution is -2.12. The van der Waals surface area contributed by atoms with Crippen LogP contribution in [0.5, 0.6) is 11.5 Å². The summed E-state index contributed by atoms with van der Waals surface area (Å²) in [6, 6.07) is 35.3. The Bertz CT molecular complexity index is 1550. The maximum atomic E-state index is 12.4. The van der Waals surface area contributed by atoms with Crippen LogP contribution in [0.2, 0.25) is 0 Å². The van der Waals surface area contributed by atoms with Crippen LogP contribution in [0.1, 0.15) is 22.6 Å². The Balaban J connectivity index is 1.23. The van der Waals surface area contributed by atoms with E-state index in [2.05, 4.69) is 20.5 Å². The molecule has 1 amide bonds. The summed E-state index contributed by atoms with van der Waals surface area (Å²) in [6.07, 6.45) is 1.63. The molecule has 2 N–H and O–H groups in total. The van der Waals surface area contributed by atoms with Gasteiger partial charge >= 0.3 is 0 Å². The molecule has 6 rings (SSSR count). The Morgan fingerprint density at radius 2 is 1.38 bits per heavy atom. The van der Waals surface area contributed by atoms with Crippen molar-refractivity contribution < 1.29 is 14.3 Å². The molecule has 0 spiro atoms. The highest BCUT2D eigenvalue weighted by Gasteiger charge is 2.28. The van der Waals surface area contributed by atoms with Crippen molar-refractivity contribution in [1.82, 2.24) is 10.2 Å². The normalized spacial score (nSPS) is 14.3. The predicted molar refractivity (Wildman–Crippen MR) is 152 cm³/mol. The number of carbonyl (C=O) groups excluding carboxylic acids is 1. The van der Waals surface area contributed by atoms with E-state index in [-0.39, 0.29) is 5.91 Å². The van der Waals surface area contributed by atoms with Crippen LogP contribution < -0.4 is 14.8 Å². The fraction of sp³-hybridized carbons (Fsp3) is 0.0938. The van der Waals surface area contributed by atoms with E-state index in [4.69, 9.17) is 9.47 Å². The van der Waals surface area contributed by atoms with Crippen LogP contribution in [0.4, 0.5) is 11.5 Å². The van der Waals surface area contributed by atoms with Crippen molar-refractivity contribution in [3.63, 3.8) is 0 Å². The lowest BCUT2D eigenvalue weighted by molar-refractivity contribution is -0.115. The molecular formula is C32H26N4O3. The molecule has 0 radical (unpaired) electrons. The van der Waals surface area contributed by atoms with Crippen LogP contribution in [0.3, 0.4) is 0 Å². The van der Waals surface area contributed by atoms with E-state index >= 15 is 0 Å². The van der Waals surface area contributed by atoms with Gasteiger partial charge in [-0.25, -0.2) is 4.99 Å². The number of nitrogens with zero attached hydrogens (tertiary/aromatic N) is 2. The number of nitrogens with one attached hydrogen (secondary N) is 2. The van der Waals surface area contributed by atoms with Crippen molar-refractivity contribution in [3.8, 4) is 22.8 Å². The predicted octanol–water partition coefficient (Wildman–Crippen LogP) is 6.67. The van der Waals surface area contributed by atoms with Gasteiger partial charge in [-0.15, -0.1) is 0 Å². The molecule has 7 nitrogen and oxygen atoms in total. The maximum absolute atomic E-state index is 12.4. The molecule has 0 saturated carbocycles. The minimum Gasteiger partial charge on any atom is -0.489 e. The molecule has 39 heavy (non-hydrogen) atoms. The van der Waals surface area contributed by atoms with Crippen LogP contribution >= 0.6 is 0 Å². The third-order valence-electron chi connectivity index (χ3n) is 6.44. The van der Waals surface area contributed by atoms with E-state index in [9.17, 15) is 4.79 Å². The zero-order valence-corrected chi connectivity index (χ0v) is 21.1. The molecule has 0 bridgehead atoms. The summed E-state index contributed by atoms with van der Waals surface area (Å²) < 4.78 is 12.3. The van der Waals surface area contributed by atoms with Crippen molar-refractivity contribution in [2.24, 2.45) is 4.99 Å². The smallest absolute Gasteiger partial charge is 0.237 e. The van der Waals surface area contributed by atoms with Crippen molar-refractivity contribution in [2.75, 3.05) is 5.32 Å². The lowest BCUT2D eigenvalue weighted by atomic mass is 10.0. The molecular weight excluding hydrogens is 488 g/mol. The molecule has 1 aliphatic heterocycles. The molecule has 0 aliphatic carbocycles. The SMILES string of the molecule is O=C1Nc2ccccc2C1C=Nc1cc(-c2cc(OCc3ccccc3)cc(OCc3ccccc3)c2)[nH]n1. The number of carbonyl (C=O) groups is 1. The maximum Gasteiger partial charge on any atom is 0.237 e. The van der Waals surface area contributed by atoms with E-state index in [1.54, 1.807) is 6.21 Å². The molecule has 1 atom stereocenters. The molecule has 5 aromatic rings. The van der Waals surface area contributed by atoms with Gasteiger partial charge in [0.25, 0.3) is 0 Å². The molecule has 2 heterocycles. The van der Waals surface area contributed by atoms with Gasteiger partial charge in [0.05, 0.1) is 5.69 Å². The van der Waals surface area contributed by atoms with Gasteiger partial charge in [-0.2, -0.15) is 5.10 Å². The first-order valence-corrected chi connectivity index (χ1v) is 12.7. The third kappa shape index (κ3) is 5.72. The first-order chi connectivity index (χ1) is 19.2. The van der Waals surface area contributed by atoms with Gasteiger partial charge in [0.2, 0.25) is 5.91 Å². The van der Waals surface area contributed by atoms with Gasteiger partial charge in [0.15, 0.2) is 5.82 Å². The Morgan fingerprint density at radius 1 is 0.769 bits per heavy atom. The number of benzene rings is 4. The summed E-state index contributed by atoms with van der Waals surface area (Å²) in [5.74, 6) is 1.29. The molecule has 1 aromatic heterocycles. The standard InChI is InChI=1S/C32H26N4O3/c37-32-28(27-13-7-8-14-29(27)34-32)19-33-31-18-30(35-36-31)24-15-25(38-20-22-9-3-1-4-10-22)17-26(16-24)39-21-23-11-5-2-6-12-23/h1-19,28H,20-21H2,(H,34,37)(H,35,36). The number of para-hydroxylation sites is 1. The summed E-state index contributed by atoms with van der Waals surface area (Å²) in [5, 5.41) is 10.3. The molecule has 1 aliphatic rings. The molecule has 4 aromatic carbocycles. The van der Waals surface area contributed by atoms with Crippen molar-refractivity contribution >= 4 is 23.6 Å². The number of hydrogen-bond acceptors (Lipinski definition) is 5. The van der Waals surface area contributed by atoms with Crippen LogP contribution in [-0.4, -0.2) is 22.3 Å².